The van der Waals surface area contributed by atoms with E-state index in [2.05, 4.69) is 0 Å². The van der Waals surface area contributed by atoms with E-state index >= 15 is 0 Å². The molecule has 0 heterocycles. The third kappa shape index (κ3) is 7.60. The minimum atomic E-state index is -4.29. The molecule has 0 aliphatic carbocycles. The van der Waals surface area contributed by atoms with Crippen LogP contribution < -0.4 is 10.5 Å². The Morgan fingerprint density at radius 2 is 1.68 bits per heavy atom. The summed E-state index contributed by atoms with van der Waals surface area (Å²) in [5, 5.41) is 9.13. The average molecular weight is 473 g/mol. The molecule has 0 aliphatic heterocycles. The smallest absolute Gasteiger partial charge is 0.401 e. The number of halogens is 3. The van der Waals surface area contributed by atoms with Gasteiger partial charge in [0, 0.05) is 18.7 Å². The molecule has 3 N–H and O–H groups in total. The van der Waals surface area contributed by atoms with Crippen LogP contribution in [0.3, 0.4) is 0 Å². The number of rotatable bonds is 10. The fraction of sp³-hybridized carbons (Fsp3) is 0.269. The Morgan fingerprint density at radius 3 is 2.38 bits per heavy atom. The zero-order chi connectivity index (χ0) is 24.7. The number of carboxylic acids is 1. The molecule has 3 rings (SSSR count). The molecule has 0 amide bonds. The van der Waals surface area contributed by atoms with Crippen molar-refractivity contribution in [2.24, 2.45) is 5.73 Å². The van der Waals surface area contributed by atoms with E-state index in [-0.39, 0.29) is 19.6 Å². The molecule has 0 aliphatic rings. The number of para-hydroxylation sites is 1. The first-order valence-electron chi connectivity index (χ1n) is 10.7. The highest BCUT2D eigenvalue weighted by molar-refractivity contribution is 5.71. The SMILES string of the molecule is CN(Cc1cc(COc2ccccc2CC(=O)O)cc(-c2cccc(CN)c2)c1)CC(F)(F)F. The van der Waals surface area contributed by atoms with Gasteiger partial charge in [-0.3, -0.25) is 9.69 Å². The molecule has 0 aromatic heterocycles. The van der Waals surface area contributed by atoms with Gasteiger partial charge in [-0.05, 0) is 59.1 Å². The molecule has 34 heavy (non-hydrogen) atoms. The van der Waals surface area contributed by atoms with Crippen molar-refractivity contribution in [2.75, 3.05) is 13.6 Å². The Bertz CT molecular complexity index is 1130. The first-order chi connectivity index (χ1) is 16.1. The number of nitrogens with two attached hydrogens (primary N) is 1. The van der Waals surface area contributed by atoms with Crippen molar-refractivity contribution in [3.63, 3.8) is 0 Å². The highest BCUT2D eigenvalue weighted by Gasteiger charge is 2.29. The first-order valence-corrected chi connectivity index (χ1v) is 10.7. The molecule has 0 saturated carbocycles. The number of hydrogen-bond donors (Lipinski definition) is 2. The monoisotopic (exact) mass is 472 g/mol. The third-order valence-corrected chi connectivity index (χ3v) is 5.16. The number of aliphatic carboxylic acids is 1. The fourth-order valence-electron chi connectivity index (χ4n) is 3.77. The quantitative estimate of drug-likeness (QED) is 0.434. The maximum Gasteiger partial charge on any atom is 0.401 e. The molecule has 0 fully saturated rings. The Labute approximate surface area is 196 Å². The van der Waals surface area contributed by atoms with Crippen molar-refractivity contribution in [1.82, 2.24) is 4.90 Å². The summed E-state index contributed by atoms with van der Waals surface area (Å²) in [6.07, 6.45) is -4.46. The Morgan fingerprint density at radius 1 is 0.971 bits per heavy atom. The molecule has 0 unspecified atom stereocenters. The van der Waals surface area contributed by atoms with E-state index in [4.69, 9.17) is 15.6 Å². The second-order valence-corrected chi connectivity index (χ2v) is 8.20. The lowest BCUT2D eigenvalue weighted by Crippen LogP contribution is -2.30. The van der Waals surface area contributed by atoms with Crippen molar-refractivity contribution in [2.45, 2.75) is 32.3 Å². The first kappa shape index (κ1) is 25.3. The highest BCUT2D eigenvalue weighted by Crippen LogP contribution is 2.27. The van der Waals surface area contributed by atoms with Crippen LogP contribution in [-0.4, -0.2) is 35.7 Å². The summed E-state index contributed by atoms with van der Waals surface area (Å²) >= 11 is 0. The molecule has 0 radical (unpaired) electrons. The van der Waals surface area contributed by atoms with Crippen molar-refractivity contribution < 1.29 is 27.8 Å². The van der Waals surface area contributed by atoms with Crippen LogP contribution >= 0.6 is 0 Å². The van der Waals surface area contributed by atoms with Gasteiger partial charge in [0.05, 0.1) is 13.0 Å². The van der Waals surface area contributed by atoms with Crippen LogP contribution in [0.15, 0.2) is 66.7 Å². The molecular formula is C26H27F3N2O3. The van der Waals surface area contributed by atoms with Gasteiger partial charge < -0.3 is 15.6 Å². The van der Waals surface area contributed by atoms with Crippen molar-refractivity contribution >= 4 is 5.97 Å². The van der Waals surface area contributed by atoms with Crippen LogP contribution in [0.25, 0.3) is 11.1 Å². The molecular weight excluding hydrogens is 445 g/mol. The van der Waals surface area contributed by atoms with Gasteiger partial charge in [0.2, 0.25) is 0 Å². The Balaban J connectivity index is 1.90. The van der Waals surface area contributed by atoms with Gasteiger partial charge in [0.1, 0.15) is 12.4 Å². The van der Waals surface area contributed by atoms with E-state index < -0.39 is 18.7 Å². The summed E-state index contributed by atoms with van der Waals surface area (Å²) in [7, 11) is 1.42. The van der Waals surface area contributed by atoms with Crippen LogP contribution in [-0.2, 0) is 30.9 Å². The van der Waals surface area contributed by atoms with Crippen LogP contribution in [0.1, 0.15) is 22.3 Å². The van der Waals surface area contributed by atoms with Crippen LogP contribution in [0.2, 0.25) is 0 Å². The standard InChI is InChI=1S/C26H27F3N2O3/c1-31(17-26(27,28)29)15-19-9-20(12-23(11-19)21-7-4-5-18(10-21)14-30)16-34-24-8-3-2-6-22(24)13-25(32)33/h2-12H,13-17,30H2,1H3,(H,32,33). The Hall–Kier alpha value is -3.36. The molecule has 8 heteroatoms. The van der Waals surface area contributed by atoms with Crippen LogP contribution in [0, 0.1) is 0 Å². The molecule has 0 saturated heterocycles. The van der Waals surface area contributed by atoms with Crippen molar-refractivity contribution in [3.05, 3.63) is 89.0 Å². The van der Waals surface area contributed by atoms with Gasteiger partial charge in [-0.1, -0.05) is 42.5 Å². The van der Waals surface area contributed by atoms with Crippen molar-refractivity contribution in [1.29, 1.82) is 0 Å². The van der Waals surface area contributed by atoms with Crippen LogP contribution in [0.5, 0.6) is 5.75 Å². The van der Waals surface area contributed by atoms with E-state index in [1.54, 1.807) is 24.3 Å². The molecule has 180 valence electrons. The molecule has 3 aromatic carbocycles. The summed E-state index contributed by atoms with van der Waals surface area (Å²) in [6, 6.07) is 20.1. The van der Waals surface area contributed by atoms with E-state index in [1.165, 1.54) is 11.9 Å². The second-order valence-electron chi connectivity index (χ2n) is 8.20. The third-order valence-electron chi connectivity index (χ3n) is 5.16. The van der Waals surface area contributed by atoms with E-state index in [9.17, 15) is 18.0 Å². The normalized spacial score (nSPS) is 11.6. The minimum absolute atomic E-state index is 0.104. The van der Waals surface area contributed by atoms with Crippen molar-refractivity contribution in [3.8, 4) is 16.9 Å². The number of carboxylic acid groups (broad SMARTS) is 1. The van der Waals surface area contributed by atoms with E-state index in [0.717, 1.165) is 22.3 Å². The minimum Gasteiger partial charge on any atom is -0.489 e. The number of benzene rings is 3. The number of alkyl halides is 3. The summed E-state index contributed by atoms with van der Waals surface area (Å²) in [5.41, 5.74) is 10.5. The fourth-order valence-corrected chi connectivity index (χ4v) is 3.77. The predicted octanol–water partition coefficient (Wildman–Crippen LogP) is 5.01. The Kier molecular flexibility index (Phi) is 8.31. The van der Waals surface area contributed by atoms with Crippen LogP contribution in [0.4, 0.5) is 13.2 Å². The predicted molar refractivity (Wildman–Crippen MR) is 124 cm³/mol. The van der Waals surface area contributed by atoms with E-state index in [0.29, 0.717) is 23.4 Å². The zero-order valence-corrected chi connectivity index (χ0v) is 18.8. The average Bonchev–Trinajstić information content (AvgIpc) is 2.76. The van der Waals surface area contributed by atoms with E-state index in [1.807, 2.05) is 42.5 Å². The number of nitrogens with zero attached hydrogens (tertiary/aromatic N) is 1. The maximum atomic E-state index is 12.8. The van der Waals surface area contributed by atoms with Gasteiger partial charge >= 0.3 is 12.1 Å². The second kappa shape index (κ2) is 11.2. The summed E-state index contributed by atoms with van der Waals surface area (Å²) in [6.45, 7) is -0.407. The van der Waals surface area contributed by atoms with Gasteiger partial charge in [-0.15, -0.1) is 0 Å². The molecule has 0 atom stereocenters. The van der Waals surface area contributed by atoms with Gasteiger partial charge in [-0.2, -0.15) is 13.2 Å². The maximum absolute atomic E-state index is 12.8. The zero-order valence-electron chi connectivity index (χ0n) is 18.8. The van der Waals surface area contributed by atoms with Gasteiger partial charge in [0.25, 0.3) is 0 Å². The van der Waals surface area contributed by atoms with Gasteiger partial charge in [0.15, 0.2) is 0 Å². The summed E-state index contributed by atoms with van der Waals surface area (Å²) in [4.78, 5) is 12.4. The largest absolute Gasteiger partial charge is 0.489 e. The number of hydrogen-bond acceptors (Lipinski definition) is 4. The highest BCUT2D eigenvalue weighted by atomic mass is 19.4. The molecule has 3 aromatic rings. The number of ether oxygens (including phenoxy) is 1. The topological polar surface area (TPSA) is 75.8 Å². The molecule has 0 spiro atoms. The molecule has 0 bridgehead atoms. The lowest BCUT2D eigenvalue weighted by molar-refractivity contribution is -0.144. The summed E-state index contributed by atoms with van der Waals surface area (Å²) in [5.74, 6) is -0.510. The van der Waals surface area contributed by atoms with Gasteiger partial charge in [-0.25, -0.2) is 0 Å². The molecule has 5 nitrogen and oxygen atoms in total. The number of carbonyl (C=O) groups is 1. The summed E-state index contributed by atoms with van der Waals surface area (Å²) < 4.78 is 44.4. The lowest BCUT2D eigenvalue weighted by atomic mass is 9.98. The lowest BCUT2D eigenvalue weighted by Gasteiger charge is -2.20.